The van der Waals surface area contributed by atoms with E-state index in [-0.39, 0.29) is 6.10 Å². The Morgan fingerprint density at radius 3 is 2.43 bits per heavy atom. The zero-order valence-corrected chi connectivity index (χ0v) is 16.8. The van der Waals surface area contributed by atoms with Crippen molar-refractivity contribution >= 4 is 17.4 Å². The average Bonchev–Trinajstić information content (AvgIpc) is 3.15. The monoisotopic (exact) mass is 397 g/mol. The molecule has 7 heteroatoms. The van der Waals surface area contributed by atoms with Gasteiger partial charge in [0.1, 0.15) is 5.82 Å². The zero-order chi connectivity index (χ0) is 19.7. The Bertz CT molecular complexity index is 946. The second-order valence-electron chi connectivity index (χ2n) is 7.41. The molecule has 6 nitrogen and oxygen atoms in total. The molecule has 0 aliphatic carbocycles. The number of aliphatic hydroxyl groups excluding tert-OH is 1. The fourth-order valence-corrected chi connectivity index (χ4v) is 3.77. The number of aromatic nitrogens is 4. The smallest absolute Gasteiger partial charge is 0.165 e. The number of aryl methyl sites for hydroxylation is 1. The first-order chi connectivity index (χ1) is 13.5. The molecule has 3 aromatic rings. The molecular weight excluding hydrogens is 374 g/mol. The van der Waals surface area contributed by atoms with Crippen LogP contribution in [-0.2, 0) is 7.05 Å². The van der Waals surface area contributed by atoms with E-state index in [2.05, 4.69) is 10.00 Å². The highest BCUT2D eigenvalue weighted by Crippen LogP contribution is 2.29. The van der Waals surface area contributed by atoms with Crippen LogP contribution in [0.3, 0.4) is 0 Å². The van der Waals surface area contributed by atoms with Gasteiger partial charge in [-0.05, 0) is 37.8 Å². The van der Waals surface area contributed by atoms with E-state index in [1.807, 2.05) is 50.5 Å². The first-order valence-corrected chi connectivity index (χ1v) is 9.94. The summed E-state index contributed by atoms with van der Waals surface area (Å²) in [6.07, 6.45) is 5.36. The van der Waals surface area contributed by atoms with E-state index in [0.717, 1.165) is 48.6 Å². The van der Waals surface area contributed by atoms with E-state index in [0.29, 0.717) is 16.8 Å². The summed E-state index contributed by atoms with van der Waals surface area (Å²) >= 11 is 6.05. The summed E-state index contributed by atoms with van der Waals surface area (Å²) in [4.78, 5) is 11.9. The minimum atomic E-state index is -0.261. The molecule has 3 heterocycles. The van der Waals surface area contributed by atoms with Gasteiger partial charge in [0.05, 0.1) is 23.6 Å². The van der Waals surface area contributed by atoms with Gasteiger partial charge in [0.25, 0.3) is 0 Å². The Balaban J connectivity index is 1.71. The quantitative estimate of drug-likeness (QED) is 0.725. The Morgan fingerprint density at radius 2 is 1.82 bits per heavy atom. The molecule has 0 amide bonds. The van der Waals surface area contributed by atoms with Crippen LogP contribution in [0.2, 0.25) is 5.02 Å². The molecule has 1 N–H and O–H groups in total. The van der Waals surface area contributed by atoms with Crippen molar-refractivity contribution in [3.05, 3.63) is 47.7 Å². The lowest BCUT2D eigenvalue weighted by Gasteiger charge is -2.34. The Hall–Kier alpha value is -2.44. The minimum Gasteiger partial charge on any atom is -0.393 e. The summed E-state index contributed by atoms with van der Waals surface area (Å²) in [6.45, 7) is 3.63. The lowest BCUT2D eigenvalue weighted by atomic mass is 9.92. The van der Waals surface area contributed by atoms with Crippen LogP contribution in [0.5, 0.6) is 0 Å². The highest BCUT2D eigenvalue weighted by atomic mass is 35.5. The summed E-state index contributed by atoms with van der Waals surface area (Å²) in [5, 5.41) is 14.8. The lowest BCUT2D eigenvalue weighted by molar-refractivity contribution is 0.110. The molecule has 1 aliphatic heterocycles. The normalized spacial score (nSPS) is 16.4. The van der Waals surface area contributed by atoms with Gasteiger partial charge >= 0.3 is 0 Å². The largest absolute Gasteiger partial charge is 0.393 e. The number of hydrogen-bond acceptors (Lipinski definition) is 5. The Labute approximate surface area is 169 Å². The second-order valence-corrected chi connectivity index (χ2v) is 7.85. The van der Waals surface area contributed by atoms with Gasteiger partial charge in [0.15, 0.2) is 5.82 Å². The molecule has 1 fully saturated rings. The molecule has 146 valence electrons. The maximum absolute atomic E-state index is 9.88. The molecule has 0 spiro atoms. The number of piperidine rings is 1. The molecule has 0 saturated carbocycles. The van der Waals surface area contributed by atoms with Crippen LogP contribution in [0.1, 0.15) is 19.8 Å². The third-order valence-electron chi connectivity index (χ3n) is 5.36. The van der Waals surface area contributed by atoms with Crippen molar-refractivity contribution in [2.75, 3.05) is 18.0 Å². The first-order valence-electron chi connectivity index (χ1n) is 9.56. The third-order valence-corrected chi connectivity index (χ3v) is 5.61. The zero-order valence-electron chi connectivity index (χ0n) is 16.1. The van der Waals surface area contributed by atoms with Gasteiger partial charge in [0.2, 0.25) is 0 Å². The first kappa shape index (κ1) is 18.9. The highest BCUT2D eigenvalue weighted by Gasteiger charge is 2.24. The SMILES string of the molecule is CC(O)C1CCN(c2cc(-c3ccc(Cl)cc3)nc(-c3cnn(C)c3)n2)CC1. The van der Waals surface area contributed by atoms with Gasteiger partial charge in [-0.15, -0.1) is 0 Å². The fourth-order valence-electron chi connectivity index (χ4n) is 3.64. The van der Waals surface area contributed by atoms with E-state index in [1.165, 1.54) is 0 Å². The van der Waals surface area contributed by atoms with Gasteiger partial charge in [0, 0.05) is 43.0 Å². The topological polar surface area (TPSA) is 67.1 Å². The predicted octanol–water partition coefficient (Wildman–Crippen LogP) is 3.79. The van der Waals surface area contributed by atoms with Crippen LogP contribution in [0.4, 0.5) is 5.82 Å². The number of benzene rings is 1. The second kappa shape index (κ2) is 7.89. The molecule has 1 aromatic carbocycles. The number of anilines is 1. The van der Waals surface area contributed by atoms with Crippen LogP contribution >= 0.6 is 11.6 Å². The molecular formula is C21H24ClN5O. The molecule has 1 aliphatic rings. The van der Waals surface area contributed by atoms with Crippen molar-refractivity contribution in [3.63, 3.8) is 0 Å². The standard InChI is InChI=1S/C21H24ClN5O/c1-14(28)15-7-9-27(10-8-15)20-11-19(16-3-5-18(22)6-4-16)24-21(25-20)17-12-23-26(2)13-17/h3-6,11-15,28H,7-10H2,1-2H3. The number of rotatable bonds is 4. The fraction of sp³-hybridized carbons (Fsp3) is 0.381. The van der Waals surface area contributed by atoms with Crippen molar-refractivity contribution in [1.82, 2.24) is 19.7 Å². The highest BCUT2D eigenvalue weighted by molar-refractivity contribution is 6.30. The molecule has 4 rings (SSSR count). The van der Waals surface area contributed by atoms with Crippen molar-refractivity contribution in [1.29, 1.82) is 0 Å². The van der Waals surface area contributed by atoms with E-state index in [4.69, 9.17) is 21.6 Å². The number of hydrogen-bond donors (Lipinski definition) is 1. The van der Waals surface area contributed by atoms with Crippen LogP contribution in [0, 0.1) is 5.92 Å². The summed E-state index contributed by atoms with van der Waals surface area (Å²) in [7, 11) is 1.88. The van der Waals surface area contributed by atoms with Gasteiger partial charge in [-0.25, -0.2) is 9.97 Å². The van der Waals surface area contributed by atoms with Crippen LogP contribution in [0.25, 0.3) is 22.6 Å². The maximum Gasteiger partial charge on any atom is 0.165 e. The van der Waals surface area contributed by atoms with E-state index in [9.17, 15) is 5.11 Å². The van der Waals surface area contributed by atoms with E-state index in [1.54, 1.807) is 10.9 Å². The molecule has 1 unspecified atom stereocenters. The molecule has 28 heavy (non-hydrogen) atoms. The number of aliphatic hydroxyl groups is 1. The minimum absolute atomic E-state index is 0.261. The maximum atomic E-state index is 9.88. The van der Waals surface area contributed by atoms with Crippen molar-refractivity contribution in [2.24, 2.45) is 13.0 Å². The Morgan fingerprint density at radius 1 is 1.11 bits per heavy atom. The molecule has 0 radical (unpaired) electrons. The van der Waals surface area contributed by atoms with Gasteiger partial charge < -0.3 is 10.0 Å². The van der Waals surface area contributed by atoms with Crippen LogP contribution in [0.15, 0.2) is 42.7 Å². The van der Waals surface area contributed by atoms with Gasteiger partial charge in [-0.1, -0.05) is 23.7 Å². The number of nitrogens with zero attached hydrogens (tertiary/aromatic N) is 5. The van der Waals surface area contributed by atoms with Crippen molar-refractivity contribution in [2.45, 2.75) is 25.9 Å². The average molecular weight is 398 g/mol. The molecule has 1 saturated heterocycles. The van der Waals surface area contributed by atoms with Crippen molar-refractivity contribution < 1.29 is 5.11 Å². The predicted molar refractivity (Wildman–Crippen MR) is 111 cm³/mol. The summed E-state index contributed by atoms with van der Waals surface area (Å²) in [6, 6.07) is 9.72. The Kier molecular flexibility index (Phi) is 5.33. The van der Waals surface area contributed by atoms with Crippen LogP contribution in [-0.4, -0.2) is 44.0 Å². The molecule has 1 atom stereocenters. The molecule has 0 bridgehead atoms. The van der Waals surface area contributed by atoms with Crippen LogP contribution < -0.4 is 4.90 Å². The van der Waals surface area contributed by atoms with E-state index >= 15 is 0 Å². The van der Waals surface area contributed by atoms with Gasteiger partial charge in [-0.3, -0.25) is 4.68 Å². The summed E-state index contributed by atoms with van der Waals surface area (Å²) in [5.41, 5.74) is 2.74. The summed E-state index contributed by atoms with van der Waals surface area (Å²) < 4.78 is 1.75. The lowest BCUT2D eigenvalue weighted by Crippen LogP contribution is -2.37. The van der Waals surface area contributed by atoms with Gasteiger partial charge in [-0.2, -0.15) is 5.10 Å². The molecule has 2 aromatic heterocycles. The third kappa shape index (κ3) is 4.03. The van der Waals surface area contributed by atoms with Crippen molar-refractivity contribution in [3.8, 4) is 22.6 Å². The summed E-state index contributed by atoms with van der Waals surface area (Å²) in [5.74, 6) is 1.92. The number of halogens is 1. The van der Waals surface area contributed by atoms with E-state index < -0.39 is 0 Å².